The molecule has 3 aliphatic heterocycles. The summed E-state index contributed by atoms with van der Waals surface area (Å²) in [7, 11) is -2.69. The molecule has 0 aliphatic carbocycles. The molecule has 18 heteroatoms. The Labute approximate surface area is 250 Å². The average molecular weight is 589 g/mol. The first-order valence-corrected chi connectivity index (χ1v) is 15.0. The molecule has 1 aromatic heterocycles. The van der Waals surface area contributed by atoms with Crippen molar-refractivity contribution in [2.45, 2.75) is 65.7 Å². The number of piperazine rings is 2. The Morgan fingerprint density at radius 3 is 1.86 bits per heavy atom. The van der Waals surface area contributed by atoms with Crippen LogP contribution in [0.2, 0.25) is 27.3 Å². The molecule has 5 N–H and O–H groups in total. The number of rotatable bonds is 8. The summed E-state index contributed by atoms with van der Waals surface area (Å²) in [6.07, 6.45) is 5.90. The number of amides is 1. The van der Waals surface area contributed by atoms with E-state index < -0.39 is 46.3 Å². The highest BCUT2D eigenvalue weighted by Gasteiger charge is 2.41. The highest BCUT2D eigenvalue weighted by atomic mass is 16.4. The first-order chi connectivity index (χ1) is 19.8. The number of hydrogen-bond acceptors (Lipinski definition) is 11. The van der Waals surface area contributed by atoms with E-state index in [-0.39, 0.29) is 12.5 Å². The van der Waals surface area contributed by atoms with Gasteiger partial charge < -0.3 is 53.9 Å². The van der Waals surface area contributed by atoms with E-state index in [0.717, 1.165) is 38.3 Å². The lowest BCUT2D eigenvalue weighted by Crippen LogP contribution is -2.65. The standard InChI is InChI=1S/C17H31B2N5O3.C7H16B2N2O4/c1-14-20-6-8-21(14)11-15-5-4-7-22(12-15)17(25)16-13-23(18(2)26)9-10-24(16)19(3)27;1-8(14)10-3-4-11(9(2)15)6(5-10)7(12)13/h6,8,15-16,26-27H,4-5,7,9-13H2,1-3H3;6,14-15H,3-5H2,1-2H3,(H,12,13)/t15-,16+;6-/m01/s1. The summed E-state index contributed by atoms with van der Waals surface area (Å²) in [5, 5.41) is 47.8. The minimum absolute atomic E-state index is 0.0632. The first-order valence-electron chi connectivity index (χ1n) is 15.0. The maximum absolute atomic E-state index is 13.3. The number of aryl methyl sites for hydroxylation is 1. The Bertz CT molecular complexity index is 1020. The number of carbonyl (C=O) groups excluding carboxylic acids is 1. The van der Waals surface area contributed by atoms with Crippen LogP contribution in [-0.4, -0.2) is 163 Å². The van der Waals surface area contributed by atoms with E-state index in [4.69, 9.17) is 5.11 Å². The number of aliphatic carboxylic acids is 1. The molecular weight excluding hydrogens is 542 g/mol. The number of nitrogens with zero attached hydrogens (tertiary/aromatic N) is 7. The van der Waals surface area contributed by atoms with E-state index in [2.05, 4.69) is 9.55 Å². The Morgan fingerprint density at radius 2 is 1.38 bits per heavy atom. The average Bonchev–Trinajstić information content (AvgIpc) is 3.35. The third-order valence-electron chi connectivity index (χ3n) is 8.70. The number of likely N-dealkylation sites (tertiary alicyclic amines) is 1. The van der Waals surface area contributed by atoms with Crippen molar-refractivity contribution in [1.29, 1.82) is 0 Å². The molecule has 3 fully saturated rings. The summed E-state index contributed by atoms with van der Waals surface area (Å²) in [5.74, 6) is 0.500. The number of hydrogen-bond donors (Lipinski definition) is 5. The van der Waals surface area contributed by atoms with Gasteiger partial charge in [-0.15, -0.1) is 0 Å². The van der Waals surface area contributed by atoms with Crippen molar-refractivity contribution in [3.8, 4) is 0 Å². The quantitative estimate of drug-likeness (QED) is 0.210. The maximum atomic E-state index is 13.3. The van der Waals surface area contributed by atoms with Crippen LogP contribution in [0.25, 0.3) is 0 Å². The zero-order valence-corrected chi connectivity index (χ0v) is 25.7. The molecule has 4 rings (SSSR count). The van der Waals surface area contributed by atoms with Gasteiger partial charge in [0.2, 0.25) is 5.91 Å². The third kappa shape index (κ3) is 9.05. The van der Waals surface area contributed by atoms with Crippen LogP contribution in [0.5, 0.6) is 0 Å². The van der Waals surface area contributed by atoms with Gasteiger partial charge in [0.15, 0.2) is 0 Å². The van der Waals surface area contributed by atoms with E-state index >= 15 is 0 Å². The van der Waals surface area contributed by atoms with Crippen LogP contribution in [0, 0.1) is 12.8 Å². The summed E-state index contributed by atoms with van der Waals surface area (Å²) in [6, 6.07) is -1.17. The Balaban J connectivity index is 0.000000274. The third-order valence-corrected chi connectivity index (χ3v) is 8.70. The van der Waals surface area contributed by atoms with E-state index in [1.165, 1.54) is 4.81 Å². The van der Waals surface area contributed by atoms with Crippen molar-refractivity contribution in [3.63, 3.8) is 0 Å². The van der Waals surface area contributed by atoms with Gasteiger partial charge in [-0.25, -0.2) is 4.98 Å². The highest BCUT2D eigenvalue weighted by molar-refractivity contribution is 6.47. The molecule has 3 aliphatic rings. The number of aromatic nitrogens is 2. The topological polar surface area (TPSA) is 169 Å². The van der Waals surface area contributed by atoms with Gasteiger partial charge in [-0.05, 0) is 53.0 Å². The summed E-state index contributed by atoms with van der Waals surface area (Å²) >= 11 is 0. The Hall–Kier alpha value is -1.91. The monoisotopic (exact) mass is 589 g/mol. The van der Waals surface area contributed by atoms with Gasteiger partial charge in [-0.1, -0.05) is 0 Å². The number of carboxylic acids is 1. The van der Waals surface area contributed by atoms with E-state index in [0.29, 0.717) is 38.6 Å². The van der Waals surface area contributed by atoms with Crippen LogP contribution >= 0.6 is 0 Å². The second-order valence-corrected chi connectivity index (χ2v) is 11.8. The predicted molar refractivity (Wildman–Crippen MR) is 163 cm³/mol. The van der Waals surface area contributed by atoms with Gasteiger partial charge >= 0.3 is 34.2 Å². The molecule has 0 aromatic carbocycles. The molecular formula is C24H47B4N7O7. The van der Waals surface area contributed by atoms with Crippen LogP contribution < -0.4 is 0 Å². The molecule has 0 bridgehead atoms. The van der Waals surface area contributed by atoms with Gasteiger partial charge in [-0.2, -0.15) is 0 Å². The van der Waals surface area contributed by atoms with Crippen LogP contribution in [0.4, 0.5) is 0 Å². The first kappa shape index (κ1) is 34.6. The fourth-order valence-electron chi connectivity index (χ4n) is 6.15. The molecule has 3 atom stereocenters. The van der Waals surface area contributed by atoms with Crippen molar-refractivity contribution in [2.75, 3.05) is 52.4 Å². The molecule has 1 amide bonds. The van der Waals surface area contributed by atoms with Crippen LogP contribution in [0.3, 0.4) is 0 Å². The van der Waals surface area contributed by atoms with Crippen molar-refractivity contribution in [3.05, 3.63) is 18.2 Å². The molecule has 42 heavy (non-hydrogen) atoms. The van der Waals surface area contributed by atoms with Gasteiger partial charge in [0.05, 0.1) is 6.04 Å². The molecule has 0 unspecified atom stereocenters. The van der Waals surface area contributed by atoms with Gasteiger partial charge in [0.1, 0.15) is 11.9 Å². The van der Waals surface area contributed by atoms with Gasteiger partial charge in [0.25, 0.3) is 0 Å². The van der Waals surface area contributed by atoms with Crippen LogP contribution in [0.1, 0.15) is 18.7 Å². The van der Waals surface area contributed by atoms with Crippen LogP contribution in [0.15, 0.2) is 12.4 Å². The number of carboxylic acid groups (broad SMARTS) is 1. The lowest BCUT2D eigenvalue weighted by molar-refractivity contribution is -0.143. The zero-order valence-electron chi connectivity index (χ0n) is 25.7. The fraction of sp³-hybridized carbons (Fsp3) is 0.792. The number of carbonyl (C=O) groups is 2. The summed E-state index contributed by atoms with van der Waals surface area (Å²) < 4.78 is 2.15. The minimum Gasteiger partial charge on any atom is -0.480 e. The lowest BCUT2D eigenvalue weighted by Gasteiger charge is -2.44. The zero-order chi connectivity index (χ0) is 31.1. The summed E-state index contributed by atoms with van der Waals surface area (Å²) in [4.78, 5) is 37.5. The normalized spacial score (nSPS) is 24.5. The molecule has 0 saturated carbocycles. The highest BCUT2D eigenvalue weighted by Crippen LogP contribution is 2.22. The van der Waals surface area contributed by atoms with Gasteiger partial charge in [-0.3, -0.25) is 9.59 Å². The van der Waals surface area contributed by atoms with E-state index in [1.54, 1.807) is 32.1 Å². The number of imidazole rings is 1. The maximum Gasteiger partial charge on any atom is 0.377 e. The van der Waals surface area contributed by atoms with Crippen LogP contribution in [-0.2, 0) is 16.1 Å². The predicted octanol–water partition coefficient (Wildman–Crippen LogP) is -2.09. The number of piperidine rings is 1. The van der Waals surface area contributed by atoms with Crippen molar-refractivity contribution in [2.24, 2.45) is 5.92 Å². The molecule has 4 heterocycles. The molecule has 0 spiro atoms. The SMILES string of the molecule is CB(O)N1CCN(B(C)O)[C@@H](C(=O)N2CCC[C@@H](Cn3ccnc3C)C2)C1.CB(O)N1CCN(B(C)O)[C@@H](C(=O)O)C1. The molecule has 14 nitrogen and oxygen atoms in total. The summed E-state index contributed by atoms with van der Waals surface area (Å²) in [5.41, 5.74) is 0. The smallest absolute Gasteiger partial charge is 0.377 e. The van der Waals surface area contributed by atoms with Crippen molar-refractivity contribution in [1.82, 2.24) is 33.7 Å². The molecule has 232 valence electrons. The molecule has 3 saturated heterocycles. The van der Waals surface area contributed by atoms with E-state index in [1.807, 2.05) is 33.8 Å². The second-order valence-electron chi connectivity index (χ2n) is 11.8. The Kier molecular flexibility index (Phi) is 12.9. The molecule has 0 radical (unpaired) electrons. The summed E-state index contributed by atoms with van der Waals surface area (Å²) in [6.45, 7) is 13.9. The molecule has 1 aromatic rings. The van der Waals surface area contributed by atoms with Crippen molar-refractivity contribution < 1.29 is 34.8 Å². The fourth-order valence-corrected chi connectivity index (χ4v) is 6.15. The van der Waals surface area contributed by atoms with Crippen molar-refractivity contribution >= 4 is 40.1 Å². The lowest BCUT2D eigenvalue weighted by atomic mass is 9.78. The largest absolute Gasteiger partial charge is 0.480 e. The van der Waals surface area contributed by atoms with E-state index in [9.17, 15) is 29.7 Å². The van der Waals surface area contributed by atoms with Gasteiger partial charge in [0, 0.05) is 71.3 Å². The Morgan fingerprint density at radius 1 is 0.833 bits per heavy atom. The second kappa shape index (κ2) is 15.7. The minimum atomic E-state index is -0.971.